The molecule has 1 aliphatic rings. The molecule has 0 saturated heterocycles. The van der Waals surface area contributed by atoms with Crippen LogP contribution < -0.4 is 0 Å². The van der Waals surface area contributed by atoms with Crippen molar-refractivity contribution < 1.29 is 5.11 Å². The highest BCUT2D eigenvalue weighted by Crippen LogP contribution is 2.36. The number of aliphatic hydroxyl groups is 1. The van der Waals surface area contributed by atoms with E-state index in [2.05, 4.69) is 26.8 Å². The van der Waals surface area contributed by atoms with Gasteiger partial charge in [0.15, 0.2) is 0 Å². The number of rotatable bonds is 6. The summed E-state index contributed by atoms with van der Waals surface area (Å²) in [5.41, 5.74) is -0.410. The summed E-state index contributed by atoms with van der Waals surface area (Å²) in [6.45, 7) is 6.78. The smallest absolute Gasteiger partial charge is 0.0830 e. The first kappa shape index (κ1) is 11.8. The number of allylic oxidation sites excluding steroid dienone is 1. The van der Waals surface area contributed by atoms with Gasteiger partial charge in [0.2, 0.25) is 0 Å². The Morgan fingerprint density at radius 3 is 2.36 bits per heavy atom. The van der Waals surface area contributed by atoms with Gasteiger partial charge in [-0.3, -0.25) is 0 Å². The summed E-state index contributed by atoms with van der Waals surface area (Å²) >= 11 is 0. The Bertz CT molecular complexity index is 189. The Morgan fingerprint density at radius 1 is 1.21 bits per heavy atom. The fourth-order valence-electron chi connectivity index (χ4n) is 1.58. The van der Waals surface area contributed by atoms with Crippen LogP contribution in [0.15, 0.2) is 12.2 Å². The molecule has 1 rings (SSSR count). The van der Waals surface area contributed by atoms with E-state index in [0.717, 1.165) is 18.8 Å². The Kier molecular flexibility index (Phi) is 4.18. The molecule has 1 heteroatoms. The van der Waals surface area contributed by atoms with Crippen LogP contribution in [-0.2, 0) is 0 Å². The Labute approximate surface area is 88.2 Å². The molecule has 1 fully saturated rings. The second-order valence-corrected chi connectivity index (χ2v) is 5.26. The minimum Gasteiger partial charge on any atom is -0.386 e. The molecule has 82 valence electrons. The van der Waals surface area contributed by atoms with Crippen molar-refractivity contribution >= 4 is 0 Å². The molecule has 0 spiro atoms. The molecule has 1 atom stereocenters. The molecule has 0 amide bonds. The van der Waals surface area contributed by atoms with Crippen LogP contribution in [0.5, 0.6) is 0 Å². The molecule has 0 radical (unpaired) electrons. The van der Waals surface area contributed by atoms with Crippen LogP contribution in [0.2, 0.25) is 0 Å². The molecule has 1 N–H and O–H groups in total. The maximum absolute atomic E-state index is 9.60. The zero-order chi connectivity index (χ0) is 10.6. The molecule has 1 aliphatic carbocycles. The van der Waals surface area contributed by atoms with E-state index in [-0.39, 0.29) is 0 Å². The highest BCUT2D eigenvalue weighted by atomic mass is 16.3. The molecular formula is C13H24O. The van der Waals surface area contributed by atoms with E-state index in [0.29, 0.717) is 5.92 Å². The molecule has 0 aromatic rings. The van der Waals surface area contributed by atoms with E-state index in [4.69, 9.17) is 0 Å². The van der Waals surface area contributed by atoms with Crippen LogP contribution in [-0.4, -0.2) is 10.7 Å². The third-order valence-electron chi connectivity index (χ3n) is 2.94. The Hall–Kier alpha value is -0.300. The van der Waals surface area contributed by atoms with Crippen LogP contribution >= 0.6 is 0 Å². The summed E-state index contributed by atoms with van der Waals surface area (Å²) < 4.78 is 0. The first-order valence-electron chi connectivity index (χ1n) is 5.93. The molecule has 0 aliphatic heterocycles. The average molecular weight is 196 g/mol. The summed E-state index contributed by atoms with van der Waals surface area (Å²) in [5.74, 6) is 1.44. The lowest BCUT2D eigenvalue weighted by Gasteiger charge is -2.08. The second kappa shape index (κ2) is 4.97. The van der Waals surface area contributed by atoms with E-state index >= 15 is 0 Å². The van der Waals surface area contributed by atoms with Gasteiger partial charge in [-0.1, -0.05) is 45.8 Å². The van der Waals surface area contributed by atoms with Crippen molar-refractivity contribution in [3.8, 4) is 0 Å². The maximum atomic E-state index is 9.60. The molecule has 0 aromatic carbocycles. The summed E-state index contributed by atoms with van der Waals surface area (Å²) in [6.07, 6.45) is 10.00. The van der Waals surface area contributed by atoms with Gasteiger partial charge in [0.05, 0.1) is 5.60 Å². The van der Waals surface area contributed by atoms with Crippen LogP contribution in [0.1, 0.15) is 52.9 Å². The molecule has 0 aromatic heterocycles. The maximum Gasteiger partial charge on any atom is 0.0830 e. The van der Waals surface area contributed by atoms with Gasteiger partial charge in [-0.05, 0) is 31.1 Å². The van der Waals surface area contributed by atoms with E-state index in [9.17, 15) is 5.11 Å². The van der Waals surface area contributed by atoms with Crippen LogP contribution in [0.4, 0.5) is 0 Å². The molecule has 1 nitrogen and oxygen atoms in total. The monoisotopic (exact) mass is 196 g/mol. The van der Waals surface area contributed by atoms with Crippen LogP contribution in [0, 0.1) is 11.8 Å². The van der Waals surface area contributed by atoms with Crippen molar-refractivity contribution in [1.82, 2.24) is 0 Å². The van der Waals surface area contributed by atoms with Gasteiger partial charge < -0.3 is 5.11 Å². The first-order valence-corrected chi connectivity index (χ1v) is 5.93. The van der Waals surface area contributed by atoms with E-state index in [1.807, 2.05) is 6.08 Å². The fraction of sp³-hybridized carbons (Fsp3) is 0.846. The summed E-state index contributed by atoms with van der Waals surface area (Å²) in [6, 6.07) is 0. The van der Waals surface area contributed by atoms with Crippen molar-refractivity contribution in [2.24, 2.45) is 11.8 Å². The van der Waals surface area contributed by atoms with Gasteiger partial charge in [-0.25, -0.2) is 0 Å². The van der Waals surface area contributed by atoms with Crippen molar-refractivity contribution in [2.45, 2.75) is 58.5 Å². The Balaban J connectivity index is 2.09. The molecule has 0 bridgehead atoms. The lowest BCUT2D eigenvalue weighted by atomic mass is 9.99. The predicted molar refractivity (Wildman–Crippen MR) is 61.2 cm³/mol. The highest BCUT2D eigenvalue weighted by Gasteiger charge is 2.37. The van der Waals surface area contributed by atoms with Crippen LogP contribution in [0.25, 0.3) is 0 Å². The van der Waals surface area contributed by atoms with Gasteiger partial charge in [0, 0.05) is 0 Å². The van der Waals surface area contributed by atoms with E-state index < -0.39 is 5.60 Å². The minimum absolute atomic E-state index is 0.410. The topological polar surface area (TPSA) is 20.2 Å². The largest absolute Gasteiger partial charge is 0.386 e. The molecule has 1 saturated carbocycles. The predicted octanol–water partition coefficient (Wildman–Crippen LogP) is 3.53. The van der Waals surface area contributed by atoms with Gasteiger partial charge in [-0.15, -0.1) is 0 Å². The van der Waals surface area contributed by atoms with Crippen molar-refractivity contribution in [3.63, 3.8) is 0 Å². The van der Waals surface area contributed by atoms with Crippen molar-refractivity contribution in [2.75, 3.05) is 0 Å². The third kappa shape index (κ3) is 4.80. The lowest BCUT2D eigenvalue weighted by molar-refractivity contribution is 0.201. The van der Waals surface area contributed by atoms with Crippen molar-refractivity contribution in [1.29, 1.82) is 0 Å². The highest BCUT2D eigenvalue weighted by molar-refractivity contribution is 5.11. The molecule has 0 heterocycles. The number of hydrogen-bond donors (Lipinski definition) is 1. The second-order valence-electron chi connectivity index (χ2n) is 5.26. The van der Waals surface area contributed by atoms with Crippen molar-refractivity contribution in [3.05, 3.63) is 12.2 Å². The third-order valence-corrected chi connectivity index (χ3v) is 2.94. The lowest BCUT2D eigenvalue weighted by Crippen LogP contribution is -2.02. The summed E-state index contributed by atoms with van der Waals surface area (Å²) in [4.78, 5) is 0. The quantitative estimate of drug-likeness (QED) is 0.644. The zero-order valence-corrected chi connectivity index (χ0v) is 9.79. The minimum atomic E-state index is -0.410. The van der Waals surface area contributed by atoms with Gasteiger partial charge >= 0.3 is 0 Å². The molecular weight excluding hydrogens is 172 g/mol. The molecule has 1 unspecified atom stereocenters. The van der Waals surface area contributed by atoms with Crippen LogP contribution in [0.3, 0.4) is 0 Å². The van der Waals surface area contributed by atoms with E-state index in [1.165, 1.54) is 19.3 Å². The first-order chi connectivity index (χ1) is 6.52. The SMILES string of the molecule is CC(C)CCCC(C)/C=C/C1(O)CC1. The van der Waals surface area contributed by atoms with Gasteiger partial charge in [0.1, 0.15) is 0 Å². The summed E-state index contributed by atoms with van der Waals surface area (Å²) in [5, 5.41) is 9.60. The van der Waals surface area contributed by atoms with Gasteiger partial charge in [-0.2, -0.15) is 0 Å². The normalized spacial score (nSPS) is 21.8. The average Bonchev–Trinajstić information content (AvgIpc) is 2.81. The van der Waals surface area contributed by atoms with E-state index in [1.54, 1.807) is 0 Å². The standard InChI is InChI=1S/C13H24O/c1-11(2)5-4-6-12(3)7-8-13(14)9-10-13/h7-8,11-12,14H,4-6,9-10H2,1-3H3/b8-7+. The fourth-order valence-corrected chi connectivity index (χ4v) is 1.58. The number of hydrogen-bond acceptors (Lipinski definition) is 1. The Morgan fingerprint density at radius 2 is 1.86 bits per heavy atom. The van der Waals surface area contributed by atoms with Gasteiger partial charge in [0.25, 0.3) is 0 Å². The molecule has 14 heavy (non-hydrogen) atoms. The summed E-state index contributed by atoms with van der Waals surface area (Å²) in [7, 11) is 0. The zero-order valence-electron chi connectivity index (χ0n) is 9.79.